The third-order valence-electron chi connectivity index (χ3n) is 4.32. The molecule has 1 atom stereocenters. The van der Waals surface area contributed by atoms with Gasteiger partial charge in [0.15, 0.2) is 0 Å². The Hall–Kier alpha value is -3.03. The molecule has 0 radical (unpaired) electrons. The highest BCUT2D eigenvalue weighted by Crippen LogP contribution is 2.29. The van der Waals surface area contributed by atoms with Crippen molar-refractivity contribution in [2.75, 3.05) is 0 Å². The Labute approximate surface area is 177 Å². The van der Waals surface area contributed by atoms with Crippen LogP contribution in [0.15, 0.2) is 72.5 Å². The first kappa shape index (κ1) is 19.3. The van der Waals surface area contributed by atoms with Crippen molar-refractivity contribution in [2.45, 2.75) is 19.6 Å². The number of carbonyl (C=O) groups is 1. The van der Waals surface area contributed by atoms with Gasteiger partial charge in [0.25, 0.3) is 5.91 Å². The molecule has 0 spiro atoms. The lowest BCUT2D eigenvalue weighted by molar-refractivity contribution is 0.0944. The number of rotatable bonds is 7. The molecule has 0 saturated heterocycles. The molecule has 0 aliphatic heterocycles. The van der Waals surface area contributed by atoms with Crippen LogP contribution < -0.4 is 10.1 Å². The summed E-state index contributed by atoms with van der Waals surface area (Å²) in [6.45, 7) is 2.43. The van der Waals surface area contributed by atoms with Gasteiger partial charge >= 0.3 is 0 Å². The minimum atomic E-state index is -0.123. The van der Waals surface area contributed by atoms with E-state index in [1.165, 1.54) is 11.3 Å². The molecular formula is C22H19N3O2S2. The van der Waals surface area contributed by atoms with E-state index in [0.717, 1.165) is 26.8 Å². The predicted molar refractivity (Wildman–Crippen MR) is 116 cm³/mol. The van der Waals surface area contributed by atoms with Crippen molar-refractivity contribution in [2.24, 2.45) is 0 Å². The zero-order chi connectivity index (χ0) is 20.1. The van der Waals surface area contributed by atoms with E-state index in [1.54, 1.807) is 29.9 Å². The van der Waals surface area contributed by atoms with Gasteiger partial charge in [0.05, 0.1) is 17.1 Å². The van der Waals surface area contributed by atoms with E-state index in [9.17, 15) is 4.79 Å². The van der Waals surface area contributed by atoms with E-state index in [2.05, 4.69) is 15.3 Å². The van der Waals surface area contributed by atoms with E-state index in [1.807, 2.05) is 60.8 Å². The molecule has 4 aromatic rings. The lowest BCUT2D eigenvalue weighted by Crippen LogP contribution is -2.25. The van der Waals surface area contributed by atoms with E-state index in [-0.39, 0.29) is 11.9 Å². The van der Waals surface area contributed by atoms with Crippen LogP contribution in [0, 0.1) is 0 Å². The summed E-state index contributed by atoms with van der Waals surface area (Å²) in [6, 6.07) is 15.5. The summed E-state index contributed by atoms with van der Waals surface area (Å²) in [5.41, 5.74) is 2.03. The van der Waals surface area contributed by atoms with Crippen LogP contribution in [0.25, 0.3) is 9.88 Å². The SMILES string of the molecule is CC(NC(=O)c1cnc(-c2cccs2)s1)c1ccc(OCc2cccnc2)cc1. The number of ether oxygens (including phenoxy) is 1. The molecule has 1 amide bonds. The van der Waals surface area contributed by atoms with Gasteiger partial charge in [-0.05, 0) is 42.1 Å². The van der Waals surface area contributed by atoms with Crippen molar-refractivity contribution >= 4 is 28.6 Å². The number of thiazole rings is 1. The molecule has 3 heterocycles. The Morgan fingerprint density at radius 2 is 2.00 bits per heavy atom. The molecule has 5 nitrogen and oxygen atoms in total. The van der Waals surface area contributed by atoms with Crippen molar-refractivity contribution in [1.82, 2.24) is 15.3 Å². The van der Waals surface area contributed by atoms with Crippen molar-refractivity contribution in [3.8, 4) is 15.6 Å². The Balaban J connectivity index is 1.34. The fourth-order valence-electron chi connectivity index (χ4n) is 2.75. The fourth-order valence-corrected chi connectivity index (χ4v) is 4.37. The number of hydrogen-bond acceptors (Lipinski definition) is 6. The molecule has 0 aliphatic carbocycles. The van der Waals surface area contributed by atoms with E-state index in [0.29, 0.717) is 11.5 Å². The zero-order valence-electron chi connectivity index (χ0n) is 15.7. The minimum absolute atomic E-state index is 0.116. The van der Waals surface area contributed by atoms with Crippen LogP contribution in [-0.4, -0.2) is 15.9 Å². The normalized spacial score (nSPS) is 11.8. The third-order valence-corrected chi connectivity index (χ3v) is 6.35. The summed E-state index contributed by atoms with van der Waals surface area (Å²) in [5, 5.41) is 5.91. The van der Waals surface area contributed by atoms with Crippen molar-refractivity contribution in [3.05, 3.63) is 88.5 Å². The van der Waals surface area contributed by atoms with Crippen LogP contribution in [-0.2, 0) is 6.61 Å². The van der Waals surface area contributed by atoms with Crippen LogP contribution >= 0.6 is 22.7 Å². The Morgan fingerprint density at radius 1 is 1.14 bits per heavy atom. The topological polar surface area (TPSA) is 64.1 Å². The number of nitrogens with zero attached hydrogens (tertiary/aromatic N) is 2. The van der Waals surface area contributed by atoms with Crippen LogP contribution in [0.4, 0.5) is 0 Å². The van der Waals surface area contributed by atoms with Crippen molar-refractivity contribution < 1.29 is 9.53 Å². The maximum absolute atomic E-state index is 12.6. The van der Waals surface area contributed by atoms with Gasteiger partial charge in [-0.1, -0.05) is 24.3 Å². The molecule has 1 aromatic carbocycles. The summed E-state index contributed by atoms with van der Waals surface area (Å²) in [5.74, 6) is 0.661. The van der Waals surface area contributed by atoms with Crippen LogP contribution in [0.1, 0.15) is 33.8 Å². The maximum Gasteiger partial charge on any atom is 0.263 e. The molecule has 146 valence electrons. The molecular weight excluding hydrogens is 402 g/mol. The molecule has 7 heteroatoms. The number of amides is 1. The smallest absolute Gasteiger partial charge is 0.263 e. The quantitative estimate of drug-likeness (QED) is 0.438. The fraction of sp³-hybridized carbons (Fsp3) is 0.136. The van der Waals surface area contributed by atoms with E-state index >= 15 is 0 Å². The number of benzene rings is 1. The van der Waals surface area contributed by atoms with Crippen molar-refractivity contribution in [1.29, 1.82) is 0 Å². The lowest BCUT2D eigenvalue weighted by atomic mass is 10.1. The molecule has 4 rings (SSSR count). The minimum Gasteiger partial charge on any atom is -0.489 e. The summed E-state index contributed by atoms with van der Waals surface area (Å²) in [6.07, 6.45) is 5.16. The number of carbonyl (C=O) groups excluding carboxylic acids is 1. The monoisotopic (exact) mass is 421 g/mol. The van der Waals surface area contributed by atoms with Crippen LogP contribution in [0.3, 0.4) is 0 Å². The highest BCUT2D eigenvalue weighted by Gasteiger charge is 2.15. The number of pyridine rings is 1. The van der Waals surface area contributed by atoms with Gasteiger partial charge in [-0.2, -0.15) is 0 Å². The van der Waals surface area contributed by atoms with Crippen LogP contribution in [0.2, 0.25) is 0 Å². The van der Waals surface area contributed by atoms with Gasteiger partial charge in [0, 0.05) is 18.0 Å². The Bertz CT molecular complexity index is 1060. The second-order valence-corrected chi connectivity index (χ2v) is 8.40. The molecule has 0 aliphatic rings. The Kier molecular flexibility index (Phi) is 5.97. The van der Waals surface area contributed by atoms with Gasteiger partial charge in [-0.3, -0.25) is 9.78 Å². The molecule has 0 saturated carbocycles. The predicted octanol–water partition coefficient (Wildman–Crippen LogP) is 5.34. The molecule has 3 aromatic heterocycles. The summed E-state index contributed by atoms with van der Waals surface area (Å²) >= 11 is 3.02. The molecule has 0 bridgehead atoms. The summed E-state index contributed by atoms with van der Waals surface area (Å²) in [7, 11) is 0. The first-order chi connectivity index (χ1) is 14.2. The second-order valence-electron chi connectivity index (χ2n) is 6.42. The highest BCUT2D eigenvalue weighted by atomic mass is 32.1. The van der Waals surface area contributed by atoms with E-state index in [4.69, 9.17) is 4.74 Å². The third kappa shape index (κ3) is 4.88. The number of thiophene rings is 1. The van der Waals surface area contributed by atoms with Crippen LogP contribution in [0.5, 0.6) is 5.75 Å². The van der Waals surface area contributed by atoms with Crippen molar-refractivity contribution in [3.63, 3.8) is 0 Å². The maximum atomic E-state index is 12.6. The average molecular weight is 422 g/mol. The lowest BCUT2D eigenvalue weighted by Gasteiger charge is -2.14. The first-order valence-electron chi connectivity index (χ1n) is 9.11. The molecule has 1 unspecified atom stereocenters. The molecule has 1 N–H and O–H groups in total. The van der Waals surface area contributed by atoms with Gasteiger partial charge in [0.1, 0.15) is 22.2 Å². The number of nitrogens with one attached hydrogen (secondary N) is 1. The Morgan fingerprint density at radius 3 is 2.72 bits per heavy atom. The first-order valence-corrected chi connectivity index (χ1v) is 10.8. The average Bonchev–Trinajstić information content (AvgIpc) is 3.45. The van der Waals surface area contributed by atoms with Gasteiger partial charge in [-0.15, -0.1) is 22.7 Å². The summed E-state index contributed by atoms with van der Waals surface area (Å²) < 4.78 is 5.78. The number of hydrogen-bond donors (Lipinski definition) is 1. The van der Waals surface area contributed by atoms with Gasteiger partial charge in [0.2, 0.25) is 0 Å². The summed E-state index contributed by atoms with van der Waals surface area (Å²) in [4.78, 5) is 22.7. The van der Waals surface area contributed by atoms with E-state index < -0.39 is 0 Å². The van der Waals surface area contributed by atoms with Gasteiger partial charge < -0.3 is 10.1 Å². The van der Waals surface area contributed by atoms with Gasteiger partial charge in [-0.25, -0.2) is 4.98 Å². The highest BCUT2D eigenvalue weighted by molar-refractivity contribution is 7.21. The largest absolute Gasteiger partial charge is 0.489 e. The standard InChI is InChI=1S/C22H19N3O2S2/c1-15(25-21(26)20-13-24-22(29-20)19-5-3-11-28-19)17-6-8-18(9-7-17)27-14-16-4-2-10-23-12-16/h2-13,15H,14H2,1H3,(H,25,26). The molecule has 29 heavy (non-hydrogen) atoms. The number of aromatic nitrogens is 2. The molecule has 0 fully saturated rings. The zero-order valence-corrected chi connectivity index (χ0v) is 17.4. The second kappa shape index (κ2) is 8.98.